The van der Waals surface area contributed by atoms with Crippen molar-refractivity contribution < 1.29 is 32.9 Å². The molecule has 12 heteroatoms. The van der Waals surface area contributed by atoms with Gasteiger partial charge >= 0.3 is 6.18 Å². The number of aromatic nitrogens is 2. The maximum atomic E-state index is 13.7. The minimum atomic E-state index is -5.16. The number of carbonyl (C=O) groups is 1. The molecule has 1 spiro atoms. The summed E-state index contributed by atoms with van der Waals surface area (Å²) in [5.41, 5.74) is -3.95. The Morgan fingerprint density at radius 2 is 1.84 bits per heavy atom. The highest BCUT2D eigenvalue weighted by atomic mass is 19.4. The van der Waals surface area contributed by atoms with E-state index in [4.69, 9.17) is 4.74 Å². The van der Waals surface area contributed by atoms with Crippen LogP contribution in [0.25, 0.3) is 0 Å². The van der Waals surface area contributed by atoms with Gasteiger partial charge in [0.1, 0.15) is 17.5 Å². The summed E-state index contributed by atoms with van der Waals surface area (Å²) in [5, 5.41) is 22.5. The predicted octanol–water partition coefficient (Wildman–Crippen LogP) is 3.08. The Morgan fingerprint density at radius 1 is 1.11 bits per heavy atom. The van der Waals surface area contributed by atoms with Crippen molar-refractivity contribution >= 4 is 23.4 Å². The number of pyridine rings is 2. The molecule has 3 aliphatic rings. The second-order valence-electron chi connectivity index (χ2n) is 10.5. The highest BCUT2D eigenvalue weighted by molar-refractivity contribution is 6.07. The normalized spacial score (nSPS) is 22.7. The van der Waals surface area contributed by atoms with Crippen LogP contribution in [0.5, 0.6) is 0 Å². The molecule has 3 N–H and O–H groups in total. The van der Waals surface area contributed by atoms with Crippen LogP contribution < -0.4 is 15.1 Å². The van der Waals surface area contributed by atoms with Gasteiger partial charge in [0.25, 0.3) is 5.91 Å². The number of hydrogen-bond donors (Lipinski definition) is 3. The molecule has 2 aromatic heterocycles. The largest absolute Gasteiger partial charge is 0.425 e. The van der Waals surface area contributed by atoms with Crippen molar-refractivity contribution in [1.29, 1.82) is 0 Å². The molecule has 4 heterocycles. The fraction of sp³-hybridized carbons (Fsp3) is 0.577. The lowest BCUT2D eigenvalue weighted by atomic mass is 9.93. The van der Waals surface area contributed by atoms with E-state index in [9.17, 15) is 28.2 Å². The minimum absolute atomic E-state index is 0.0459. The lowest BCUT2D eigenvalue weighted by molar-refractivity contribution is -0.279. The molecule has 2 saturated heterocycles. The van der Waals surface area contributed by atoms with Gasteiger partial charge in [-0.15, -0.1) is 0 Å². The van der Waals surface area contributed by atoms with Gasteiger partial charge in [-0.3, -0.25) is 4.79 Å². The molecule has 2 atom stereocenters. The molecule has 1 amide bonds. The van der Waals surface area contributed by atoms with Gasteiger partial charge in [-0.25, -0.2) is 9.97 Å². The van der Waals surface area contributed by atoms with Gasteiger partial charge in [0.2, 0.25) is 5.60 Å². The minimum Gasteiger partial charge on any atom is -0.393 e. The Kier molecular flexibility index (Phi) is 6.99. The molecular weight excluding hydrogens is 503 g/mol. The molecule has 2 aliphatic heterocycles. The Bertz CT molecular complexity index is 1180. The molecule has 1 aliphatic carbocycles. The molecule has 1 saturated carbocycles. The summed E-state index contributed by atoms with van der Waals surface area (Å²) in [6, 6.07) is 7.40. The molecular formula is C26H32F3N5O4. The number of nitrogens with zero attached hydrogens (tertiary/aromatic N) is 4. The smallest absolute Gasteiger partial charge is 0.393 e. The van der Waals surface area contributed by atoms with E-state index in [0.717, 1.165) is 31.7 Å². The molecule has 0 aromatic carbocycles. The van der Waals surface area contributed by atoms with Crippen LogP contribution in [0.2, 0.25) is 0 Å². The standard InChI is InChI=1S/C26H32F3N5O4/c1-17-15-34(13-14-38-17)21-4-2-3-20(31-21)32-23(36)18-5-6-19(25(37,16-35)26(27,28)29)30-22(18)33-11-9-24(7-8-24)10-12-33/h2-6,17,35,37H,7-16H2,1H3,(H,31,32,36)/t17-,25?/m1/s1. The van der Waals surface area contributed by atoms with E-state index < -0.39 is 30.0 Å². The molecule has 3 fully saturated rings. The summed E-state index contributed by atoms with van der Waals surface area (Å²) >= 11 is 0. The fourth-order valence-corrected chi connectivity index (χ4v) is 5.16. The molecule has 2 aromatic rings. The van der Waals surface area contributed by atoms with Crippen LogP contribution in [-0.4, -0.2) is 77.8 Å². The van der Waals surface area contributed by atoms with Gasteiger partial charge < -0.3 is 30.1 Å². The number of halogens is 3. The number of piperidine rings is 1. The number of hydrogen-bond acceptors (Lipinski definition) is 8. The van der Waals surface area contributed by atoms with Crippen molar-refractivity contribution in [1.82, 2.24) is 9.97 Å². The average molecular weight is 536 g/mol. The number of carbonyl (C=O) groups excluding carboxylic acids is 1. The number of anilines is 3. The summed E-state index contributed by atoms with van der Waals surface area (Å²) in [6.45, 7) is 3.33. The molecule has 0 radical (unpaired) electrons. The number of rotatable bonds is 6. The third-order valence-electron chi connectivity index (χ3n) is 7.86. The van der Waals surface area contributed by atoms with Gasteiger partial charge in [-0.05, 0) is 62.3 Å². The lowest BCUT2D eigenvalue weighted by Gasteiger charge is -2.35. The highest BCUT2D eigenvalue weighted by Crippen LogP contribution is 2.54. The Hall–Kier alpha value is -2.96. The van der Waals surface area contributed by atoms with Crippen LogP contribution in [0.4, 0.5) is 30.6 Å². The van der Waals surface area contributed by atoms with Crippen LogP contribution >= 0.6 is 0 Å². The topological polar surface area (TPSA) is 111 Å². The van der Waals surface area contributed by atoms with Crippen LogP contribution in [0.1, 0.15) is 48.7 Å². The van der Waals surface area contributed by atoms with Gasteiger partial charge in [0.15, 0.2) is 0 Å². The average Bonchev–Trinajstić information content (AvgIpc) is 3.66. The SMILES string of the molecule is C[C@@H]1CN(c2cccc(NC(=O)c3ccc(C(O)(CO)C(F)(F)F)nc3N3CCC4(CC3)CC4)n2)CCO1. The zero-order chi connectivity index (χ0) is 27.1. The monoisotopic (exact) mass is 535 g/mol. The number of nitrogens with one attached hydrogen (secondary N) is 1. The first-order chi connectivity index (χ1) is 18.0. The number of aliphatic hydroxyl groups excluding tert-OH is 1. The quantitative estimate of drug-likeness (QED) is 0.518. The number of morpholine rings is 1. The van der Waals surface area contributed by atoms with E-state index >= 15 is 0 Å². The maximum Gasteiger partial charge on any atom is 0.425 e. The first-order valence-corrected chi connectivity index (χ1v) is 12.8. The van der Waals surface area contributed by atoms with Crippen LogP contribution in [0.15, 0.2) is 30.3 Å². The van der Waals surface area contributed by atoms with E-state index in [0.29, 0.717) is 44.4 Å². The van der Waals surface area contributed by atoms with E-state index in [1.165, 1.54) is 6.07 Å². The highest BCUT2D eigenvalue weighted by Gasteiger charge is 2.56. The summed E-state index contributed by atoms with van der Waals surface area (Å²) in [6.07, 6.45) is -1.15. The molecule has 5 rings (SSSR count). The van der Waals surface area contributed by atoms with E-state index in [2.05, 4.69) is 20.2 Å². The van der Waals surface area contributed by atoms with E-state index in [1.807, 2.05) is 13.0 Å². The zero-order valence-electron chi connectivity index (χ0n) is 21.2. The first-order valence-electron chi connectivity index (χ1n) is 12.8. The predicted molar refractivity (Wildman–Crippen MR) is 134 cm³/mol. The van der Waals surface area contributed by atoms with Crippen LogP contribution in [-0.2, 0) is 10.3 Å². The van der Waals surface area contributed by atoms with Crippen molar-refractivity contribution in [2.45, 2.75) is 50.5 Å². The van der Waals surface area contributed by atoms with Gasteiger partial charge in [0.05, 0.1) is 30.6 Å². The molecule has 9 nitrogen and oxygen atoms in total. The van der Waals surface area contributed by atoms with Crippen molar-refractivity contribution in [3.63, 3.8) is 0 Å². The third-order valence-corrected chi connectivity index (χ3v) is 7.86. The summed E-state index contributed by atoms with van der Waals surface area (Å²) in [4.78, 5) is 25.9. The molecule has 206 valence electrons. The fourth-order valence-electron chi connectivity index (χ4n) is 5.16. The Labute approximate surface area is 218 Å². The third kappa shape index (κ3) is 5.16. The second-order valence-corrected chi connectivity index (χ2v) is 10.5. The first kappa shape index (κ1) is 26.6. The van der Waals surface area contributed by atoms with Crippen LogP contribution in [0.3, 0.4) is 0 Å². The maximum absolute atomic E-state index is 13.7. The lowest BCUT2D eigenvalue weighted by Crippen LogP contribution is -2.46. The summed E-state index contributed by atoms with van der Waals surface area (Å²) in [5.74, 6) is 0.435. The number of ether oxygens (including phenoxy) is 1. The summed E-state index contributed by atoms with van der Waals surface area (Å²) < 4.78 is 46.6. The van der Waals surface area contributed by atoms with Gasteiger partial charge in [0, 0.05) is 26.2 Å². The molecule has 1 unspecified atom stereocenters. The number of alkyl halides is 3. The summed E-state index contributed by atoms with van der Waals surface area (Å²) in [7, 11) is 0. The Balaban J connectivity index is 1.44. The zero-order valence-corrected chi connectivity index (χ0v) is 21.2. The van der Waals surface area contributed by atoms with Crippen LogP contribution in [0, 0.1) is 5.41 Å². The van der Waals surface area contributed by atoms with E-state index in [1.54, 1.807) is 17.0 Å². The molecule has 38 heavy (non-hydrogen) atoms. The molecule has 0 bridgehead atoms. The Morgan fingerprint density at radius 3 is 2.47 bits per heavy atom. The van der Waals surface area contributed by atoms with Crippen molar-refractivity contribution in [3.05, 3.63) is 41.6 Å². The number of aliphatic hydroxyl groups is 2. The van der Waals surface area contributed by atoms with Crippen molar-refractivity contribution in [3.8, 4) is 0 Å². The number of amides is 1. The van der Waals surface area contributed by atoms with Crippen molar-refractivity contribution in [2.24, 2.45) is 5.41 Å². The van der Waals surface area contributed by atoms with E-state index in [-0.39, 0.29) is 22.9 Å². The van der Waals surface area contributed by atoms with Crippen molar-refractivity contribution in [2.75, 3.05) is 54.5 Å². The van der Waals surface area contributed by atoms with Gasteiger partial charge in [-0.1, -0.05) is 6.07 Å². The van der Waals surface area contributed by atoms with Gasteiger partial charge in [-0.2, -0.15) is 13.2 Å². The second kappa shape index (κ2) is 9.97.